The molecule has 6 rings (SSSR count). The Hall–Kier alpha value is -3.67. The molecular formula is C39H40Cl4N4O4S. The molecule has 1 N–H and O–H groups in total. The predicted octanol–water partition coefficient (Wildman–Crippen LogP) is 10.4. The third kappa shape index (κ3) is 10.7. The van der Waals surface area contributed by atoms with Gasteiger partial charge in [-0.15, -0.1) is 0 Å². The number of nitrogens with one attached hydrogen (secondary N) is 1. The van der Waals surface area contributed by atoms with Crippen LogP contribution in [0.5, 0.6) is 11.5 Å². The highest BCUT2D eigenvalue weighted by molar-refractivity contribution is 7.89. The van der Waals surface area contributed by atoms with Gasteiger partial charge in [0.05, 0.1) is 29.2 Å². The molecule has 0 radical (unpaired) electrons. The Labute approximate surface area is 325 Å². The Morgan fingerprint density at radius 1 is 0.673 bits per heavy atom. The molecule has 0 amide bonds. The van der Waals surface area contributed by atoms with E-state index in [2.05, 4.69) is 34.3 Å². The molecule has 4 aromatic carbocycles. The number of ether oxygens (including phenoxy) is 2. The number of nitrogens with zero attached hydrogens (tertiary/aromatic N) is 3. The number of halogens is 4. The van der Waals surface area contributed by atoms with Gasteiger partial charge in [0.15, 0.2) is 0 Å². The average molecular weight is 803 g/mol. The van der Waals surface area contributed by atoms with E-state index < -0.39 is 10.0 Å². The first kappa shape index (κ1) is 41.1. The number of rotatable bonds is 10. The maximum atomic E-state index is 13.1. The molecule has 13 heteroatoms. The number of aryl methyl sites for hydroxylation is 1. The van der Waals surface area contributed by atoms with Gasteiger partial charge in [0.25, 0.3) is 0 Å². The summed E-state index contributed by atoms with van der Waals surface area (Å²) in [5.74, 6) is 1.63. The monoisotopic (exact) mass is 800 g/mol. The topological polar surface area (TPSA) is 93.7 Å². The number of hydrogen-bond donors (Lipinski definition) is 1. The number of aromatic nitrogens is 2. The number of hydrogen-bond acceptors (Lipinski definition) is 7. The fraction of sp³-hybridized carbons (Fsp3) is 0.231. The predicted molar refractivity (Wildman–Crippen MR) is 215 cm³/mol. The molecule has 0 bridgehead atoms. The Morgan fingerprint density at radius 2 is 1.17 bits per heavy atom. The molecule has 6 aromatic rings. The van der Waals surface area contributed by atoms with Gasteiger partial charge in [0.1, 0.15) is 21.8 Å². The molecule has 0 saturated carbocycles. The minimum atomic E-state index is -3.71. The van der Waals surface area contributed by atoms with E-state index in [1.807, 2.05) is 49.4 Å². The highest BCUT2D eigenvalue weighted by Gasteiger charge is 2.24. The minimum Gasteiger partial charge on any atom is -0.497 e. The van der Waals surface area contributed by atoms with E-state index >= 15 is 0 Å². The maximum Gasteiger partial charge on any atom is 0.243 e. The van der Waals surface area contributed by atoms with Crippen molar-refractivity contribution in [1.29, 1.82) is 0 Å². The first-order valence-electron chi connectivity index (χ1n) is 16.3. The lowest BCUT2D eigenvalue weighted by atomic mass is 10.1. The second-order valence-electron chi connectivity index (χ2n) is 11.5. The average Bonchev–Trinajstić information content (AvgIpc) is 3.16. The van der Waals surface area contributed by atoms with Crippen molar-refractivity contribution in [3.8, 4) is 11.5 Å². The molecule has 0 saturated heterocycles. The summed E-state index contributed by atoms with van der Waals surface area (Å²) in [6, 6.07) is 26.1. The van der Waals surface area contributed by atoms with Gasteiger partial charge in [0, 0.05) is 53.6 Å². The molecule has 2 heterocycles. The Balaban J connectivity index is 0.000000200. The van der Waals surface area contributed by atoms with Gasteiger partial charge in [-0.3, -0.25) is 0 Å². The van der Waals surface area contributed by atoms with Crippen LogP contribution in [0.1, 0.15) is 30.5 Å². The third-order valence-corrected chi connectivity index (χ3v) is 11.1. The van der Waals surface area contributed by atoms with E-state index in [9.17, 15) is 8.42 Å². The highest BCUT2D eigenvalue weighted by atomic mass is 35.5. The summed E-state index contributed by atoms with van der Waals surface area (Å²) < 4.78 is 37.9. The first-order valence-corrected chi connectivity index (χ1v) is 19.3. The second kappa shape index (κ2) is 19.4. The lowest BCUT2D eigenvalue weighted by Crippen LogP contribution is -2.30. The van der Waals surface area contributed by atoms with Crippen molar-refractivity contribution in [2.45, 2.75) is 38.8 Å². The summed E-state index contributed by atoms with van der Waals surface area (Å²) in [5.41, 5.74) is 3.31. The second-order valence-corrected chi connectivity index (χ2v) is 14.9. The number of sulfonamides is 1. The SMILES string of the molecule is CCN(Cc1ccc(OC)cc1)S(=O)(=O)c1ccc2c(Cl)cnc(Cl)c2c1.CCNCc1ccc(OC)cc1.Cc1ccc2c(Cl)cnc(Cl)c2c1. The molecule has 0 atom stereocenters. The van der Waals surface area contributed by atoms with Gasteiger partial charge >= 0.3 is 0 Å². The zero-order chi connectivity index (χ0) is 37.8. The summed E-state index contributed by atoms with van der Waals surface area (Å²) in [5, 5.41) is 8.06. The molecule has 0 aliphatic heterocycles. The molecule has 274 valence electrons. The molecule has 0 aliphatic rings. The van der Waals surface area contributed by atoms with Crippen LogP contribution in [0.4, 0.5) is 0 Å². The lowest BCUT2D eigenvalue weighted by Gasteiger charge is -2.21. The standard InChI is InChI=1S/C19H18Cl2N2O3S.C10H7Cl2N.C10H15NO/c1-3-23(12-13-4-6-14(26-2)7-5-13)27(24,25)15-8-9-16-17(10-15)19(21)22-11-18(16)20;1-6-2-3-7-8(4-6)10(12)13-5-9(7)11;1-3-11-8-9-4-6-10(12-2)7-5-9/h4-11H,3,12H2,1-2H3;2-5H,1H3;4-7,11H,3,8H2,1-2H3. The number of benzene rings is 4. The smallest absolute Gasteiger partial charge is 0.243 e. The first-order chi connectivity index (χ1) is 24.9. The van der Waals surface area contributed by atoms with Gasteiger partial charge in [-0.25, -0.2) is 18.4 Å². The normalized spacial score (nSPS) is 11.1. The van der Waals surface area contributed by atoms with Crippen LogP contribution in [0.3, 0.4) is 0 Å². The summed E-state index contributed by atoms with van der Waals surface area (Å²) in [4.78, 5) is 8.12. The molecule has 0 spiro atoms. The van der Waals surface area contributed by atoms with Gasteiger partial charge in [-0.1, -0.05) is 108 Å². The number of methoxy groups -OCH3 is 2. The van der Waals surface area contributed by atoms with Crippen LogP contribution in [0.25, 0.3) is 21.5 Å². The summed E-state index contributed by atoms with van der Waals surface area (Å²) in [6.07, 6.45) is 3.02. The Bertz CT molecular complexity index is 2200. The summed E-state index contributed by atoms with van der Waals surface area (Å²) in [7, 11) is -0.447. The maximum absolute atomic E-state index is 13.1. The van der Waals surface area contributed by atoms with E-state index in [0.717, 1.165) is 46.5 Å². The van der Waals surface area contributed by atoms with E-state index in [1.165, 1.54) is 28.2 Å². The summed E-state index contributed by atoms with van der Waals surface area (Å²) >= 11 is 24.2. The van der Waals surface area contributed by atoms with E-state index in [4.69, 9.17) is 55.9 Å². The van der Waals surface area contributed by atoms with Crippen molar-refractivity contribution in [3.05, 3.63) is 134 Å². The molecular weight excluding hydrogens is 762 g/mol. The van der Waals surface area contributed by atoms with Crippen molar-refractivity contribution < 1.29 is 17.9 Å². The highest BCUT2D eigenvalue weighted by Crippen LogP contribution is 2.31. The van der Waals surface area contributed by atoms with Crippen LogP contribution in [0, 0.1) is 6.92 Å². The molecule has 0 unspecified atom stereocenters. The van der Waals surface area contributed by atoms with Gasteiger partial charge in [-0.05, 0) is 67.1 Å². The fourth-order valence-corrected chi connectivity index (χ4v) is 7.37. The zero-order valence-corrected chi connectivity index (χ0v) is 33.3. The number of pyridine rings is 2. The van der Waals surface area contributed by atoms with Gasteiger partial charge in [0.2, 0.25) is 10.0 Å². The van der Waals surface area contributed by atoms with Gasteiger partial charge < -0.3 is 14.8 Å². The van der Waals surface area contributed by atoms with E-state index in [-0.39, 0.29) is 16.6 Å². The van der Waals surface area contributed by atoms with Crippen molar-refractivity contribution in [2.24, 2.45) is 0 Å². The molecule has 0 aliphatic carbocycles. The molecule has 52 heavy (non-hydrogen) atoms. The Morgan fingerprint density at radius 3 is 1.67 bits per heavy atom. The Kier molecular flexibility index (Phi) is 15.3. The van der Waals surface area contributed by atoms with Crippen molar-refractivity contribution in [2.75, 3.05) is 27.3 Å². The number of fused-ring (bicyclic) bond motifs is 2. The molecule has 8 nitrogen and oxygen atoms in total. The van der Waals surface area contributed by atoms with Crippen LogP contribution in [0.15, 0.2) is 102 Å². The third-order valence-electron chi connectivity index (χ3n) is 7.95. The van der Waals surface area contributed by atoms with Crippen LogP contribution in [-0.4, -0.2) is 50.0 Å². The fourth-order valence-electron chi connectivity index (χ4n) is 5.07. The summed E-state index contributed by atoms with van der Waals surface area (Å²) in [6.45, 7) is 8.43. The quantitative estimate of drug-likeness (QED) is 0.138. The lowest BCUT2D eigenvalue weighted by molar-refractivity contribution is 0.412. The van der Waals surface area contributed by atoms with Crippen molar-refractivity contribution >= 4 is 78.0 Å². The van der Waals surface area contributed by atoms with Crippen LogP contribution >= 0.6 is 46.4 Å². The van der Waals surface area contributed by atoms with Crippen molar-refractivity contribution in [1.82, 2.24) is 19.6 Å². The van der Waals surface area contributed by atoms with Crippen LogP contribution < -0.4 is 14.8 Å². The van der Waals surface area contributed by atoms with E-state index in [0.29, 0.717) is 32.5 Å². The minimum absolute atomic E-state index is 0.149. The molecule has 0 fully saturated rings. The van der Waals surface area contributed by atoms with E-state index in [1.54, 1.807) is 45.5 Å². The zero-order valence-electron chi connectivity index (χ0n) is 29.5. The van der Waals surface area contributed by atoms with Crippen molar-refractivity contribution in [3.63, 3.8) is 0 Å². The molecule has 2 aromatic heterocycles. The largest absolute Gasteiger partial charge is 0.497 e. The van der Waals surface area contributed by atoms with Gasteiger partial charge in [-0.2, -0.15) is 4.31 Å². The van der Waals surface area contributed by atoms with Crippen LogP contribution in [-0.2, 0) is 23.1 Å². The van der Waals surface area contributed by atoms with Crippen LogP contribution in [0.2, 0.25) is 20.4 Å².